The van der Waals surface area contributed by atoms with Crippen molar-refractivity contribution in [1.29, 1.82) is 0 Å². The Labute approximate surface area is 161 Å². The van der Waals surface area contributed by atoms with Gasteiger partial charge in [-0.3, -0.25) is 9.78 Å². The van der Waals surface area contributed by atoms with E-state index in [-0.39, 0.29) is 5.91 Å². The topological polar surface area (TPSA) is 59.8 Å². The van der Waals surface area contributed by atoms with Crippen LogP contribution in [0.1, 0.15) is 32.2 Å². The van der Waals surface area contributed by atoms with Crippen molar-refractivity contribution < 1.29 is 4.79 Å². The summed E-state index contributed by atoms with van der Waals surface area (Å²) in [5.41, 5.74) is 4.07. The Morgan fingerprint density at radius 2 is 1.92 bits per heavy atom. The van der Waals surface area contributed by atoms with E-state index in [1.165, 1.54) is 0 Å². The maximum Gasteiger partial charge on any atom is 0.229 e. The normalized spacial score (nSPS) is 11.8. The Kier molecular flexibility index (Phi) is 4.57. The first-order valence-electron chi connectivity index (χ1n) is 8.11. The molecule has 3 rings (SSSR count). The van der Waals surface area contributed by atoms with Crippen molar-refractivity contribution in [3.05, 3.63) is 45.4 Å². The van der Waals surface area contributed by atoms with Crippen LogP contribution in [-0.2, 0) is 4.79 Å². The fourth-order valence-electron chi connectivity index (χ4n) is 2.61. The number of carbonyl (C=O) groups is 1. The standard InChI is InChI=1S/C19H21IN4O/c1-11-16(20)12(2)24(23-11)15-9-8-14(22-18(25)19(3,4)5)17-13(15)7-6-10-21-17/h6-10H,1-5H3,(H,22,25). The Morgan fingerprint density at radius 1 is 1.20 bits per heavy atom. The number of hydrogen-bond acceptors (Lipinski definition) is 3. The summed E-state index contributed by atoms with van der Waals surface area (Å²) in [7, 11) is 0. The Morgan fingerprint density at radius 3 is 2.52 bits per heavy atom. The van der Waals surface area contributed by atoms with Crippen molar-refractivity contribution in [2.45, 2.75) is 34.6 Å². The van der Waals surface area contributed by atoms with Gasteiger partial charge in [0.2, 0.25) is 5.91 Å². The van der Waals surface area contributed by atoms with Gasteiger partial charge in [0.05, 0.1) is 31.8 Å². The van der Waals surface area contributed by atoms with Crippen LogP contribution in [-0.4, -0.2) is 20.7 Å². The molecule has 0 saturated carbocycles. The molecule has 25 heavy (non-hydrogen) atoms. The lowest BCUT2D eigenvalue weighted by Crippen LogP contribution is -2.27. The number of benzene rings is 1. The van der Waals surface area contributed by atoms with Crippen LogP contribution >= 0.6 is 22.6 Å². The summed E-state index contributed by atoms with van der Waals surface area (Å²) >= 11 is 2.32. The number of aromatic nitrogens is 3. The van der Waals surface area contributed by atoms with E-state index in [1.807, 2.05) is 56.6 Å². The van der Waals surface area contributed by atoms with Crippen molar-refractivity contribution in [3.63, 3.8) is 0 Å². The molecule has 0 fully saturated rings. The van der Waals surface area contributed by atoms with E-state index in [0.29, 0.717) is 0 Å². The van der Waals surface area contributed by atoms with E-state index in [1.54, 1.807) is 6.20 Å². The number of pyridine rings is 1. The fourth-order valence-corrected chi connectivity index (χ4v) is 2.95. The fraction of sp³-hybridized carbons (Fsp3) is 0.316. The zero-order chi connectivity index (χ0) is 18.4. The number of aryl methyl sites for hydroxylation is 1. The predicted octanol–water partition coefficient (Wildman–Crippen LogP) is 4.63. The summed E-state index contributed by atoms with van der Waals surface area (Å²) in [6, 6.07) is 7.79. The Balaban J connectivity index is 2.17. The van der Waals surface area contributed by atoms with Crippen molar-refractivity contribution in [2.24, 2.45) is 5.41 Å². The molecule has 0 spiro atoms. The number of halogens is 1. The maximum atomic E-state index is 12.4. The summed E-state index contributed by atoms with van der Waals surface area (Å²) in [6.45, 7) is 9.74. The van der Waals surface area contributed by atoms with Crippen LogP contribution in [0.3, 0.4) is 0 Å². The number of fused-ring (bicyclic) bond motifs is 1. The molecule has 3 aromatic rings. The quantitative estimate of drug-likeness (QED) is 0.582. The average molecular weight is 448 g/mol. The lowest BCUT2D eigenvalue weighted by molar-refractivity contribution is -0.123. The summed E-state index contributed by atoms with van der Waals surface area (Å²) in [4.78, 5) is 16.9. The monoisotopic (exact) mass is 448 g/mol. The molecule has 1 aromatic carbocycles. The van der Waals surface area contributed by atoms with E-state index < -0.39 is 5.41 Å². The van der Waals surface area contributed by atoms with Gasteiger partial charge in [-0.25, -0.2) is 4.68 Å². The summed E-state index contributed by atoms with van der Waals surface area (Å²) in [6.07, 6.45) is 1.74. The molecular formula is C19H21IN4O. The van der Waals surface area contributed by atoms with Gasteiger partial charge in [0, 0.05) is 17.0 Å². The van der Waals surface area contributed by atoms with Crippen molar-refractivity contribution in [2.75, 3.05) is 5.32 Å². The van der Waals surface area contributed by atoms with Crippen LogP contribution in [0.5, 0.6) is 0 Å². The van der Waals surface area contributed by atoms with Crippen LogP contribution in [0.25, 0.3) is 16.6 Å². The van der Waals surface area contributed by atoms with Crippen molar-refractivity contribution in [1.82, 2.24) is 14.8 Å². The van der Waals surface area contributed by atoms with Gasteiger partial charge in [0.25, 0.3) is 0 Å². The third-order valence-corrected chi connectivity index (χ3v) is 5.67. The van der Waals surface area contributed by atoms with Gasteiger partial charge in [0.1, 0.15) is 0 Å². The Bertz CT molecular complexity index is 969. The molecule has 2 heterocycles. The van der Waals surface area contributed by atoms with Crippen LogP contribution in [0.15, 0.2) is 30.5 Å². The molecule has 0 radical (unpaired) electrons. The van der Waals surface area contributed by atoms with E-state index in [9.17, 15) is 4.79 Å². The first-order chi connectivity index (χ1) is 11.7. The predicted molar refractivity (Wildman–Crippen MR) is 109 cm³/mol. The molecule has 0 saturated heterocycles. The highest BCUT2D eigenvalue weighted by Gasteiger charge is 2.22. The van der Waals surface area contributed by atoms with Gasteiger partial charge in [-0.2, -0.15) is 5.10 Å². The van der Waals surface area contributed by atoms with Crippen LogP contribution < -0.4 is 5.32 Å². The summed E-state index contributed by atoms with van der Waals surface area (Å²) in [5, 5.41) is 8.61. The molecule has 0 aliphatic heterocycles. The molecule has 0 atom stereocenters. The lowest BCUT2D eigenvalue weighted by atomic mass is 9.95. The molecule has 5 nitrogen and oxygen atoms in total. The SMILES string of the molecule is Cc1nn(-c2ccc(NC(=O)C(C)(C)C)c3ncccc23)c(C)c1I. The second kappa shape index (κ2) is 6.40. The zero-order valence-corrected chi connectivity index (χ0v) is 17.2. The molecule has 0 bridgehead atoms. The first-order valence-corrected chi connectivity index (χ1v) is 9.19. The van der Waals surface area contributed by atoms with Gasteiger partial charge in [-0.15, -0.1) is 0 Å². The largest absolute Gasteiger partial charge is 0.324 e. The van der Waals surface area contributed by atoms with Crippen molar-refractivity contribution >= 4 is 45.1 Å². The smallest absolute Gasteiger partial charge is 0.229 e. The summed E-state index contributed by atoms with van der Waals surface area (Å²) in [5.74, 6) is -0.0344. The lowest BCUT2D eigenvalue weighted by Gasteiger charge is -2.19. The molecule has 0 aliphatic rings. The highest BCUT2D eigenvalue weighted by Crippen LogP contribution is 2.30. The highest BCUT2D eigenvalue weighted by molar-refractivity contribution is 14.1. The van der Waals surface area contributed by atoms with E-state index in [4.69, 9.17) is 0 Å². The van der Waals surface area contributed by atoms with Crippen LogP contribution in [0.4, 0.5) is 5.69 Å². The minimum absolute atomic E-state index is 0.0344. The molecule has 6 heteroatoms. The molecule has 0 aliphatic carbocycles. The second-order valence-corrected chi connectivity index (χ2v) is 8.21. The number of rotatable bonds is 2. The molecule has 2 aromatic heterocycles. The molecule has 1 amide bonds. The summed E-state index contributed by atoms with van der Waals surface area (Å²) < 4.78 is 3.09. The molecule has 0 unspecified atom stereocenters. The van der Waals surface area contributed by atoms with Gasteiger partial charge in [0.15, 0.2) is 0 Å². The van der Waals surface area contributed by atoms with Gasteiger partial charge < -0.3 is 5.32 Å². The molecular weight excluding hydrogens is 427 g/mol. The van der Waals surface area contributed by atoms with Gasteiger partial charge in [-0.05, 0) is 60.7 Å². The van der Waals surface area contributed by atoms with Crippen LogP contribution in [0, 0.1) is 22.8 Å². The van der Waals surface area contributed by atoms with E-state index in [2.05, 4.69) is 44.9 Å². The minimum atomic E-state index is -0.467. The maximum absolute atomic E-state index is 12.4. The number of hydrogen-bond donors (Lipinski definition) is 1. The Hall–Kier alpha value is -1.96. The van der Waals surface area contributed by atoms with Gasteiger partial charge in [-0.1, -0.05) is 20.8 Å². The number of carbonyl (C=O) groups excluding carboxylic acids is 1. The highest BCUT2D eigenvalue weighted by atomic mass is 127. The second-order valence-electron chi connectivity index (χ2n) is 7.13. The number of amides is 1. The van der Waals surface area contributed by atoms with Crippen LogP contribution in [0.2, 0.25) is 0 Å². The number of nitrogens with zero attached hydrogens (tertiary/aromatic N) is 3. The first kappa shape index (κ1) is 17.8. The number of nitrogens with one attached hydrogen (secondary N) is 1. The third kappa shape index (κ3) is 3.27. The van der Waals surface area contributed by atoms with Crippen molar-refractivity contribution in [3.8, 4) is 5.69 Å². The molecule has 130 valence electrons. The molecule has 1 N–H and O–H groups in total. The average Bonchev–Trinajstić information content (AvgIpc) is 2.82. The number of anilines is 1. The van der Waals surface area contributed by atoms with E-state index >= 15 is 0 Å². The zero-order valence-electron chi connectivity index (χ0n) is 15.0. The minimum Gasteiger partial charge on any atom is -0.324 e. The van der Waals surface area contributed by atoms with E-state index in [0.717, 1.165) is 37.2 Å². The third-order valence-electron chi connectivity index (χ3n) is 4.11. The van der Waals surface area contributed by atoms with Gasteiger partial charge >= 0.3 is 0 Å².